The van der Waals surface area contributed by atoms with Crippen LogP contribution in [-0.2, 0) is 14.6 Å². The molecule has 1 atom stereocenters. The first-order valence-electron chi connectivity index (χ1n) is 8.33. The molecule has 136 valence electrons. The summed E-state index contributed by atoms with van der Waals surface area (Å²) in [6.45, 7) is 4.53. The number of nitrogens with one attached hydrogen (secondary N) is 1. The average Bonchev–Trinajstić information content (AvgIpc) is 2.90. The summed E-state index contributed by atoms with van der Waals surface area (Å²) in [6, 6.07) is 5.01. The van der Waals surface area contributed by atoms with Crippen molar-refractivity contribution in [2.75, 3.05) is 29.1 Å². The molecule has 2 amide bonds. The molecule has 8 heteroatoms. The van der Waals surface area contributed by atoms with Crippen molar-refractivity contribution >= 4 is 39.1 Å². The van der Waals surface area contributed by atoms with Gasteiger partial charge < -0.3 is 10.2 Å². The van der Waals surface area contributed by atoms with Crippen LogP contribution in [0.15, 0.2) is 23.1 Å². The second-order valence-corrected chi connectivity index (χ2v) is 10.2. The van der Waals surface area contributed by atoms with Gasteiger partial charge in [-0.05, 0) is 30.5 Å². The first kappa shape index (κ1) is 18.3. The Morgan fingerprint density at radius 2 is 2.16 bits per heavy atom. The number of fused-ring (bicyclic) bond motifs is 1. The Morgan fingerprint density at radius 1 is 1.40 bits per heavy atom. The number of sulfone groups is 1. The average molecular weight is 383 g/mol. The number of hydrogen-bond donors (Lipinski definition) is 1. The molecule has 1 N–H and O–H groups in total. The molecule has 0 radical (unpaired) electrons. The lowest BCUT2D eigenvalue weighted by Crippen LogP contribution is -2.43. The Morgan fingerprint density at radius 3 is 2.80 bits per heavy atom. The lowest BCUT2D eigenvalue weighted by Gasteiger charge is -2.30. The van der Waals surface area contributed by atoms with Crippen LogP contribution in [0.3, 0.4) is 0 Å². The van der Waals surface area contributed by atoms with Crippen LogP contribution in [0.5, 0.6) is 0 Å². The molecule has 2 heterocycles. The molecule has 0 saturated carbocycles. The van der Waals surface area contributed by atoms with Crippen molar-refractivity contribution in [1.29, 1.82) is 0 Å². The SMILES string of the molecule is CC(C)CN(C(=O)c1ccc2c(c1)NC(=O)CS2)C1CCS(=O)(=O)C1. The standard InChI is InChI=1S/C17H22N2O4S2/c1-11(2)8-19(13-5-6-25(22,23)10-13)17(21)12-3-4-15-14(7-12)18-16(20)9-24-15/h3-4,7,11,13H,5-6,8-10H2,1-2H3,(H,18,20). The van der Waals surface area contributed by atoms with Crippen molar-refractivity contribution in [2.45, 2.75) is 31.2 Å². The zero-order valence-corrected chi connectivity index (χ0v) is 16.0. The van der Waals surface area contributed by atoms with E-state index in [4.69, 9.17) is 0 Å². The fraction of sp³-hybridized carbons (Fsp3) is 0.529. The predicted molar refractivity (Wildman–Crippen MR) is 98.7 cm³/mol. The minimum absolute atomic E-state index is 0.0307. The summed E-state index contributed by atoms with van der Waals surface area (Å²) in [7, 11) is -3.07. The molecular weight excluding hydrogens is 360 g/mol. The van der Waals surface area contributed by atoms with E-state index in [9.17, 15) is 18.0 Å². The number of carbonyl (C=O) groups excluding carboxylic acids is 2. The number of rotatable bonds is 4. The molecule has 1 unspecified atom stereocenters. The molecule has 0 bridgehead atoms. The Labute approximate surface area is 152 Å². The molecule has 0 aliphatic carbocycles. The molecule has 2 aliphatic rings. The molecule has 3 rings (SSSR count). The van der Waals surface area contributed by atoms with Crippen LogP contribution in [0.2, 0.25) is 0 Å². The topological polar surface area (TPSA) is 83.6 Å². The quantitative estimate of drug-likeness (QED) is 0.861. The fourth-order valence-electron chi connectivity index (χ4n) is 3.19. The third-order valence-electron chi connectivity index (χ3n) is 4.33. The van der Waals surface area contributed by atoms with E-state index in [1.54, 1.807) is 17.0 Å². The van der Waals surface area contributed by atoms with Gasteiger partial charge in [0.25, 0.3) is 5.91 Å². The summed E-state index contributed by atoms with van der Waals surface area (Å²) in [5, 5.41) is 2.79. The van der Waals surface area contributed by atoms with E-state index in [0.717, 1.165) is 4.90 Å². The van der Waals surface area contributed by atoms with E-state index in [1.807, 2.05) is 19.9 Å². The number of carbonyl (C=O) groups is 2. The normalized spacial score (nSPS) is 21.7. The highest BCUT2D eigenvalue weighted by molar-refractivity contribution is 8.00. The summed E-state index contributed by atoms with van der Waals surface area (Å²) in [6.07, 6.45) is 0.484. The van der Waals surface area contributed by atoms with Crippen molar-refractivity contribution < 1.29 is 18.0 Å². The summed E-state index contributed by atoms with van der Waals surface area (Å²) < 4.78 is 23.7. The second-order valence-electron chi connectivity index (χ2n) is 6.96. The van der Waals surface area contributed by atoms with Crippen LogP contribution < -0.4 is 5.32 Å². The Hall–Kier alpha value is -1.54. The van der Waals surface area contributed by atoms with E-state index < -0.39 is 9.84 Å². The van der Waals surface area contributed by atoms with Crippen LogP contribution in [-0.4, -0.2) is 55.0 Å². The lowest BCUT2D eigenvalue weighted by atomic mass is 10.1. The minimum atomic E-state index is -3.07. The summed E-state index contributed by atoms with van der Waals surface area (Å²) in [5.41, 5.74) is 1.13. The van der Waals surface area contributed by atoms with Crippen molar-refractivity contribution in [3.8, 4) is 0 Å². The van der Waals surface area contributed by atoms with Gasteiger partial charge in [0, 0.05) is 23.0 Å². The smallest absolute Gasteiger partial charge is 0.254 e. The van der Waals surface area contributed by atoms with Gasteiger partial charge in [-0.3, -0.25) is 9.59 Å². The maximum absolute atomic E-state index is 13.1. The molecule has 0 spiro atoms. The molecule has 1 saturated heterocycles. The third kappa shape index (κ3) is 4.17. The number of anilines is 1. The molecule has 2 aliphatic heterocycles. The minimum Gasteiger partial charge on any atom is -0.334 e. The van der Waals surface area contributed by atoms with Crippen molar-refractivity contribution in [3.05, 3.63) is 23.8 Å². The van der Waals surface area contributed by atoms with Gasteiger partial charge in [0.2, 0.25) is 5.91 Å². The van der Waals surface area contributed by atoms with E-state index in [-0.39, 0.29) is 35.3 Å². The highest BCUT2D eigenvalue weighted by Gasteiger charge is 2.35. The van der Waals surface area contributed by atoms with Crippen LogP contribution in [0.1, 0.15) is 30.6 Å². The molecule has 1 aromatic rings. The van der Waals surface area contributed by atoms with Gasteiger partial charge in [0.15, 0.2) is 9.84 Å². The van der Waals surface area contributed by atoms with E-state index in [0.29, 0.717) is 30.0 Å². The van der Waals surface area contributed by atoms with Crippen LogP contribution in [0, 0.1) is 5.92 Å². The fourth-order valence-corrected chi connectivity index (χ4v) is 5.71. The van der Waals surface area contributed by atoms with Crippen molar-refractivity contribution in [2.24, 2.45) is 5.92 Å². The molecular formula is C17H22N2O4S2. The monoisotopic (exact) mass is 382 g/mol. The summed E-state index contributed by atoms with van der Waals surface area (Å²) in [4.78, 5) is 27.3. The third-order valence-corrected chi connectivity index (χ3v) is 7.16. The van der Waals surface area contributed by atoms with Gasteiger partial charge in [-0.15, -0.1) is 11.8 Å². The molecule has 25 heavy (non-hydrogen) atoms. The molecule has 1 fully saturated rings. The van der Waals surface area contributed by atoms with Crippen molar-refractivity contribution in [1.82, 2.24) is 4.90 Å². The Balaban J connectivity index is 1.87. The lowest BCUT2D eigenvalue weighted by molar-refractivity contribution is -0.113. The highest BCUT2D eigenvalue weighted by atomic mass is 32.2. The number of benzene rings is 1. The molecule has 0 aromatic heterocycles. The van der Waals surface area contributed by atoms with Gasteiger partial charge in [-0.2, -0.15) is 0 Å². The zero-order chi connectivity index (χ0) is 18.2. The van der Waals surface area contributed by atoms with E-state index >= 15 is 0 Å². The molecule has 6 nitrogen and oxygen atoms in total. The second kappa shape index (κ2) is 6.99. The van der Waals surface area contributed by atoms with Crippen LogP contribution >= 0.6 is 11.8 Å². The van der Waals surface area contributed by atoms with Gasteiger partial charge in [0.1, 0.15) is 0 Å². The number of hydrogen-bond acceptors (Lipinski definition) is 5. The largest absolute Gasteiger partial charge is 0.334 e. The van der Waals surface area contributed by atoms with Gasteiger partial charge >= 0.3 is 0 Å². The van der Waals surface area contributed by atoms with Crippen molar-refractivity contribution in [3.63, 3.8) is 0 Å². The van der Waals surface area contributed by atoms with E-state index in [1.165, 1.54) is 11.8 Å². The Kier molecular flexibility index (Phi) is 5.11. The maximum atomic E-state index is 13.1. The predicted octanol–water partition coefficient (Wildman–Crippen LogP) is 2.02. The number of nitrogens with zero attached hydrogens (tertiary/aromatic N) is 1. The number of amides is 2. The number of thioether (sulfide) groups is 1. The zero-order valence-electron chi connectivity index (χ0n) is 14.3. The van der Waals surface area contributed by atoms with Gasteiger partial charge in [-0.25, -0.2) is 8.42 Å². The Bertz CT molecular complexity index is 805. The first-order chi connectivity index (χ1) is 11.7. The molecule has 1 aromatic carbocycles. The highest BCUT2D eigenvalue weighted by Crippen LogP contribution is 2.32. The van der Waals surface area contributed by atoms with Crippen LogP contribution in [0.4, 0.5) is 5.69 Å². The van der Waals surface area contributed by atoms with Gasteiger partial charge in [0.05, 0.1) is 22.9 Å². The maximum Gasteiger partial charge on any atom is 0.254 e. The van der Waals surface area contributed by atoms with Crippen LogP contribution in [0.25, 0.3) is 0 Å². The summed E-state index contributed by atoms with van der Waals surface area (Å²) >= 11 is 1.45. The van der Waals surface area contributed by atoms with E-state index in [2.05, 4.69) is 5.32 Å². The van der Waals surface area contributed by atoms with Gasteiger partial charge in [-0.1, -0.05) is 13.8 Å². The summed E-state index contributed by atoms with van der Waals surface area (Å²) in [5.74, 6) is 0.519. The first-order valence-corrected chi connectivity index (χ1v) is 11.1.